The van der Waals surface area contributed by atoms with Crippen LogP contribution in [-0.4, -0.2) is 24.7 Å². The van der Waals surface area contributed by atoms with E-state index in [9.17, 15) is 8.78 Å². The fourth-order valence-corrected chi connectivity index (χ4v) is 2.09. The van der Waals surface area contributed by atoms with Crippen LogP contribution in [0.5, 0.6) is 0 Å². The Hall–Kier alpha value is 1.02. The first-order valence-corrected chi connectivity index (χ1v) is 4.77. The normalized spacial score (nSPS) is 40.5. The lowest BCUT2D eigenvalue weighted by Gasteiger charge is -2.00. The van der Waals surface area contributed by atoms with E-state index in [1.165, 1.54) is 0 Å². The van der Waals surface area contributed by atoms with Gasteiger partial charge in [-0.15, -0.1) is 32.6 Å². The van der Waals surface area contributed by atoms with Crippen molar-refractivity contribution in [2.24, 2.45) is 0 Å². The van der Waals surface area contributed by atoms with Crippen molar-refractivity contribution in [1.82, 2.24) is 0 Å². The maximum Gasteiger partial charge on any atom is 0.132 e. The van der Waals surface area contributed by atoms with Crippen molar-refractivity contribution in [3.8, 4) is 0 Å². The van der Waals surface area contributed by atoms with Crippen LogP contribution in [0.1, 0.15) is 12.8 Å². The van der Waals surface area contributed by atoms with Crippen molar-refractivity contribution in [3.63, 3.8) is 0 Å². The predicted octanol–water partition coefficient (Wildman–Crippen LogP) is 2.75. The highest BCUT2D eigenvalue weighted by molar-refractivity contribution is 14.0. The van der Waals surface area contributed by atoms with Crippen LogP contribution in [0.3, 0.4) is 0 Å². The van der Waals surface area contributed by atoms with Gasteiger partial charge in [-0.3, -0.25) is 0 Å². The molecule has 0 heterocycles. The monoisotopic (exact) mass is 280 g/mol. The number of hydrogen-bond donors (Lipinski definition) is 0. The molecule has 0 aliphatic heterocycles. The molecule has 1 saturated carbocycles. The quantitative estimate of drug-likeness (QED) is 0.512. The second-order valence-electron chi connectivity index (χ2n) is 2.49. The summed E-state index contributed by atoms with van der Waals surface area (Å²) in [5.41, 5.74) is 0.329. The molecule has 0 aromatic rings. The molecular weight excluding hydrogens is 268 g/mol. The zero-order valence-corrected chi connectivity index (χ0v) is 9.14. The molecule has 1 fully saturated rings. The molecular formula is C6H12F2IP. The largest absolute Gasteiger partial charge is 0.244 e. The molecule has 0 amide bonds. The minimum absolute atomic E-state index is 0. The van der Waals surface area contributed by atoms with Gasteiger partial charge >= 0.3 is 0 Å². The minimum atomic E-state index is -1.16. The Kier molecular flexibility index (Phi) is 5.30. The number of rotatable bonds is 1. The maximum atomic E-state index is 12.4. The summed E-state index contributed by atoms with van der Waals surface area (Å²) in [4.78, 5) is 0. The summed E-state index contributed by atoms with van der Waals surface area (Å²) < 4.78 is 24.8. The van der Waals surface area contributed by atoms with Gasteiger partial charge in [-0.1, -0.05) is 0 Å². The third kappa shape index (κ3) is 2.57. The summed E-state index contributed by atoms with van der Waals surface area (Å²) in [5, 5.41) is 0. The first-order valence-electron chi connectivity index (χ1n) is 3.19. The first kappa shape index (κ1) is 11.0. The van der Waals surface area contributed by atoms with E-state index >= 15 is 0 Å². The zero-order chi connectivity index (χ0) is 6.85. The zero-order valence-electron chi connectivity index (χ0n) is 5.81. The summed E-state index contributed by atoms with van der Waals surface area (Å²) in [6.07, 6.45) is -1.42. The topological polar surface area (TPSA) is 0 Å². The highest BCUT2D eigenvalue weighted by Gasteiger charge is 2.33. The Labute approximate surface area is 78.9 Å². The van der Waals surface area contributed by atoms with Gasteiger partial charge in [0.15, 0.2) is 0 Å². The van der Waals surface area contributed by atoms with Gasteiger partial charge in [0, 0.05) is 0 Å². The molecule has 0 radical (unpaired) electrons. The number of halogens is 3. The average Bonchev–Trinajstić information content (AvgIpc) is 2.13. The Morgan fingerprint density at radius 3 is 1.80 bits per heavy atom. The predicted molar refractivity (Wildman–Crippen MR) is 52.5 cm³/mol. The summed E-state index contributed by atoms with van der Waals surface area (Å²) in [7, 11) is 0.703. The molecule has 62 valence electrons. The van der Waals surface area contributed by atoms with E-state index in [1.54, 1.807) is 0 Å². The SMILES string of the molecule is CPC1C[C@@H](F)[C@@H](F)C1.I. The molecule has 2 unspecified atom stereocenters. The fraction of sp³-hybridized carbons (Fsp3) is 1.00. The molecule has 1 rings (SSSR count). The van der Waals surface area contributed by atoms with Crippen molar-refractivity contribution < 1.29 is 8.78 Å². The number of alkyl halides is 2. The van der Waals surface area contributed by atoms with Gasteiger partial charge < -0.3 is 0 Å². The maximum absolute atomic E-state index is 12.4. The van der Waals surface area contributed by atoms with Crippen LogP contribution in [0.25, 0.3) is 0 Å². The van der Waals surface area contributed by atoms with Crippen LogP contribution >= 0.6 is 32.6 Å². The van der Waals surface area contributed by atoms with E-state index in [0.29, 0.717) is 27.1 Å². The van der Waals surface area contributed by atoms with Gasteiger partial charge in [0.2, 0.25) is 0 Å². The van der Waals surface area contributed by atoms with Gasteiger partial charge in [-0.25, -0.2) is 8.78 Å². The Bertz CT molecular complexity index is 91.7. The van der Waals surface area contributed by atoms with E-state index < -0.39 is 12.3 Å². The second kappa shape index (κ2) is 4.81. The van der Waals surface area contributed by atoms with E-state index in [2.05, 4.69) is 0 Å². The molecule has 4 heteroatoms. The molecule has 1 aliphatic carbocycles. The summed E-state index contributed by atoms with van der Waals surface area (Å²) in [6, 6.07) is 0. The van der Waals surface area contributed by atoms with E-state index in [0.717, 1.165) is 0 Å². The van der Waals surface area contributed by atoms with Gasteiger partial charge in [0.25, 0.3) is 0 Å². The van der Waals surface area contributed by atoms with Crippen molar-refractivity contribution in [3.05, 3.63) is 0 Å². The molecule has 0 saturated heterocycles. The van der Waals surface area contributed by atoms with E-state index in [-0.39, 0.29) is 24.0 Å². The van der Waals surface area contributed by atoms with Crippen LogP contribution in [0.2, 0.25) is 0 Å². The van der Waals surface area contributed by atoms with Gasteiger partial charge in [0.05, 0.1) is 0 Å². The average molecular weight is 280 g/mol. The smallest absolute Gasteiger partial charge is 0.132 e. The van der Waals surface area contributed by atoms with Gasteiger partial charge in [-0.2, -0.15) is 0 Å². The molecule has 0 nitrogen and oxygen atoms in total. The summed E-state index contributed by atoms with van der Waals surface area (Å²) in [6.45, 7) is 2.01. The van der Waals surface area contributed by atoms with Crippen LogP contribution in [0, 0.1) is 0 Å². The lowest BCUT2D eigenvalue weighted by Crippen LogP contribution is -2.06. The van der Waals surface area contributed by atoms with Gasteiger partial charge in [0.1, 0.15) is 12.3 Å². The van der Waals surface area contributed by atoms with Crippen molar-refractivity contribution in [1.29, 1.82) is 0 Å². The molecule has 0 aromatic heterocycles. The molecule has 0 bridgehead atoms. The molecule has 4 atom stereocenters. The first-order chi connectivity index (χ1) is 4.24. The van der Waals surface area contributed by atoms with Crippen molar-refractivity contribution >= 4 is 32.6 Å². The standard InChI is InChI=1S/C6H11F2P.HI/c1-9-4-2-5(7)6(8)3-4;/h4-6,9H,2-3H2,1H3;1H/t4?,5-,6+;. The Morgan fingerprint density at radius 1 is 1.20 bits per heavy atom. The summed E-state index contributed by atoms with van der Waals surface area (Å²) in [5.74, 6) is 0. The molecule has 0 spiro atoms. The molecule has 0 N–H and O–H groups in total. The van der Waals surface area contributed by atoms with Crippen LogP contribution in [0.4, 0.5) is 8.78 Å². The van der Waals surface area contributed by atoms with E-state index in [1.807, 2.05) is 6.66 Å². The molecule has 10 heavy (non-hydrogen) atoms. The van der Waals surface area contributed by atoms with Crippen LogP contribution in [-0.2, 0) is 0 Å². The highest BCUT2D eigenvalue weighted by Crippen LogP contribution is 2.35. The summed E-state index contributed by atoms with van der Waals surface area (Å²) >= 11 is 0. The van der Waals surface area contributed by atoms with Crippen molar-refractivity contribution in [2.45, 2.75) is 30.8 Å². The third-order valence-electron chi connectivity index (χ3n) is 1.82. The van der Waals surface area contributed by atoms with Crippen molar-refractivity contribution in [2.75, 3.05) is 6.66 Å². The Balaban J connectivity index is 0.000000810. The van der Waals surface area contributed by atoms with E-state index in [4.69, 9.17) is 0 Å². The fourth-order valence-electron chi connectivity index (χ4n) is 1.17. The van der Waals surface area contributed by atoms with Gasteiger partial charge in [-0.05, 0) is 25.2 Å². The third-order valence-corrected chi connectivity index (χ3v) is 3.11. The Morgan fingerprint density at radius 2 is 1.60 bits per heavy atom. The van der Waals surface area contributed by atoms with Crippen LogP contribution < -0.4 is 0 Å². The molecule has 0 aromatic carbocycles. The highest BCUT2D eigenvalue weighted by atomic mass is 127. The lowest BCUT2D eigenvalue weighted by molar-refractivity contribution is 0.199. The second-order valence-corrected chi connectivity index (χ2v) is 3.88. The minimum Gasteiger partial charge on any atom is -0.244 e. The lowest BCUT2D eigenvalue weighted by atomic mass is 10.3. The van der Waals surface area contributed by atoms with Crippen LogP contribution in [0.15, 0.2) is 0 Å². The number of hydrogen-bond acceptors (Lipinski definition) is 0. The molecule has 1 aliphatic rings.